The summed E-state index contributed by atoms with van der Waals surface area (Å²) in [6.07, 6.45) is 0.607. The molecule has 1 fully saturated rings. The lowest BCUT2D eigenvalue weighted by Gasteiger charge is -2.47. The number of ether oxygens (including phenoxy) is 3. The van der Waals surface area contributed by atoms with Gasteiger partial charge in [-0.05, 0) is 48.5 Å². The summed E-state index contributed by atoms with van der Waals surface area (Å²) in [5.41, 5.74) is -1.22. The van der Waals surface area contributed by atoms with E-state index in [4.69, 9.17) is 19.0 Å². The number of thiazole rings is 1. The summed E-state index contributed by atoms with van der Waals surface area (Å²) in [5.74, 6) is -3.14. The third-order valence-electron chi connectivity index (χ3n) is 5.38. The van der Waals surface area contributed by atoms with Crippen molar-refractivity contribution in [3.8, 4) is 0 Å². The molecule has 1 aromatic rings. The van der Waals surface area contributed by atoms with Crippen LogP contribution in [0.1, 0.15) is 60.1 Å². The zero-order valence-electron chi connectivity index (χ0n) is 23.9. The van der Waals surface area contributed by atoms with Crippen LogP contribution in [0.25, 0.3) is 0 Å². The van der Waals surface area contributed by atoms with E-state index in [1.54, 1.807) is 46.9 Å². The third-order valence-corrected chi connectivity index (χ3v) is 7.32. The molecular weight excluding hydrogens is 578 g/mol. The Balaban J connectivity index is 1.67. The summed E-state index contributed by atoms with van der Waals surface area (Å²) >= 11 is 2.28. The monoisotopic (exact) mass is 611 g/mol. The van der Waals surface area contributed by atoms with Crippen LogP contribution in [0, 0.1) is 5.41 Å². The number of thioether (sulfide) groups is 1. The third kappa shape index (κ3) is 7.97. The number of carbonyl (C=O) groups is 5. The van der Waals surface area contributed by atoms with E-state index in [9.17, 15) is 24.0 Å². The lowest BCUT2D eigenvalue weighted by Crippen LogP contribution is -2.60. The summed E-state index contributed by atoms with van der Waals surface area (Å²) in [4.78, 5) is 73.0. The van der Waals surface area contributed by atoms with Gasteiger partial charge in [-0.15, -0.1) is 11.3 Å². The average Bonchev–Trinajstić information content (AvgIpc) is 3.28. The van der Waals surface area contributed by atoms with Crippen LogP contribution in [0.15, 0.2) is 22.3 Å². The van der Waals surface area contributed by atoms with Crippen molar-refractivity contribution in [2.24, 2.45) is 10.6 Å². The van der Waals surface area contributed by atoms with Crippen molar-refractivity contribution < 1.29 is 43.0 Å². The number of aromatic nitrogens is 1. The van der Waals surface area contributed by atoms with E-state index >= 15 is 0 Å². The molecule has 0 bridgehead atoms. The van der Waals surface area contributed by atoms with Gasteiger partial charge in [0.15, 0.2) is 5.13 Å². The predicted octanol–water partition coefficient (Wildman–Crippen LogP) is 2.93. The highest BCUT2D eigenvalue weighted by Crippen LogP contribution is 2.48. The molecule has 0 saturated carbocycles. The lowest BCUT2D eigenvalue weighted by molar-refractivity contribution is -0.173. The van der Waals surface area contributed by atoms with E-state index in [1.807, 2.05) is 0 Å². The number of carbonyl (C=O) groups excluding carboxylic acids is 5. The molecular formula is C25H33N5O9S2. The van der Waals surface area contributed by atoms with Crippen molar-refractivity contribution in [2.45, 2.75) is 71.4 Å². The maximum Gasteiger partial charge on any atom is 0.408 e. The highest BCUT2D eigenvalue weighted by atomic mass is 32.2. The predicted molar refractivity (Wildman–Crippen MR) is 150 cm³/mol. The Bertz CT molecular complexity index is 1280. The Morgan fingerprint density at radius 1 is 1.15 bits per heavy atom. The summed E-state index contributed by atoms with van der Waals surface area (Å²) in [5, 5.41) is 10.5. The van der Waals surface area contributed by atoms with Gasteiger partial charge in [0.2, 0.25) is 18.6 Å². The van der Waals surface area contributed by atoms with E-state index < -0.39 is 65.0 Å². The van der Waals surface area contributed by atoms with Gasteiger partial charge >= 0.3 is 18.0 Å². The van der Waals surface area contributed by atoms with Gasteiger partial charge in [-0.3, -0.25) is 19.3 Å². The van der Waals surface area contributed by atoms with Crippen LogP contribution < -0.4 is 10.6 Å². The standard InChI is InChI=1S/C25H33N5O9S2/c1-12(26-23(35)39-25(5,6)7)17(31)28-22-27-13(10-40-22)16-18(32)30-14(9-15(29-36-8)41-19(16)30)20(33)37-11-38-21(34)24(2,3)4/h9-10,12,16,19H,11H2,1-8H3,(H,26,35)(H,27,28,31)/t12-,16?,19+/m0/s1. The number of hydrogen-bond donors (Lipinski definition) is 2. The topological polar surface area (TPSA) is 175 Å². The fraction of sp³-hybridized carbons (Fsp3) is 0.560. The maximum atomic E-state index is 13.2. The molecule has 2 aliphatic rings. The first-order valence-corrected chi connectivity index (χ1v) is 14.2. The molecule has 0 spiro atoms. The zero-order chi connectivity index (χ0) is 30.7. The Morgan fingerprint density at radius 2 is 1.83 bits per heavy atom. The second-order valence-electron chi connectivity index (χ2n) is 11.0. The van der Waals surface area contributed by atoms with Gasteiger partial charge in [-0.25, -0.2) is 14.6 Å². The van der Waals surface area contributed by atoms with E-state index in [-0.39, 0.29) is 10.8 Å². The summed E-state index contributed by atoms with van der Waals surface area (Å²) in [6, 6.07) is -0.916. The molecule has 3 atom stereocenters. The molecule has 224 valence electrons. The number of amides is 3. The van der Waals surface area contributed by atoms with E-state index in [1.165, 1.54) is 36.8 Å². The smallest absolute Gasteiger partial charge is 0.408 e. The maximum absolute atomic E-state index is 13.2. The van der Waals surface area contributed by atoms with Gasteiger partial charge in [-0.2, -0.15) is 0 Å². The van der Waals surface area contributed by atoms with E-state index in [0.717, 1.165) is 11.3 Å². The first-order valence-electron chi connectivity index (χ1n) is 12.4. The van der Waals surface area contributed by atoms with Crippen molar-refractivity contribution in [1.29, 1.82) is 0 Å². The van der Waals surface area contributed by atoms with Crippen LogP contribution >= 0.6 is 23.1 Å². The molecule has 0 aliphatic carbocycles. The summed E-state index contributed by atoms with van der Waals surface area (Å²) in [7, 11) is 1.34. The Hall–Kier alpha value is -3.66. The number of nitrogens with one attached hydrogen (secondary N) is 2. The average molecular weight is 612 g/mol. The number of hydrogen-bond acceptors (Lipinski definition) is 13. The number of alkyl carbamates (subject to hydrolysis) is 1. The van der Waals surface area contributed by atoms with Crippen molar-refractivity contribution in [3.63, 3.8) is 0 Å². The van der Waals surface area contributed by atoms with Crippen LogP contribution in [0.3, 0.4) is 0 Å². The van der Waals surface area contributed by atoms with Gasteiger partial charge in [0.25, 0.3) is 0 Å². The van der Waals surface area contributed by atoms with E-state index in [2.05, 4.69) is 20.8 Å². The van der Waals surface area contributed by atoms with Crippen molar-refractivity contribution in [3.05, 3.63) is 22.8 Å². The normalized spacial score (nSPS) is 20.2. The highest BCUT2D eigenvalue weighted by Gasteiger charge is 2.55. The fourth-order valence-electron chi connectivity index (χ4n) is 3.43. The minimum Gasteiger partial charge on any atom is -0.444 e. The molecule has 14 nitrogen and oxygen atoms in total. The molecule has 16 heteroatoms. The summed E-state index contributed by atoms with van der Waals surface area (Å²) in [6.45, 7) is 11.0. The quantitative estimate of drug-likeness (QED) is 0.191. The number of rotatable bonds is 8. The van der Waals surface area contributed by atoms with E-state index in [0.29, 0.717) is 10.7 Å². The van der Waals surface area contributed by atoms with Crippen LogP contribution in [0.5, 0.6) is 0 Å². The minimum atomic E-state index is -0.916. The zero-order valence-corrected chi connectivity index (χ0v) is 25.6. The van der Waals surface area contributed by atoms with Gasteiger partial charge < -0.3 is 29.7 Å². The second-order valence-corrected chi connectivity index (χ2v) is 13.0. The van der Waals surface area contributed by atoms with Gasteiger partial charge in [0, 0.05) is 11.5 Å². The molecule has 0 radical (unpaired) electrons. The fourth-order valence-corrected chi connectivity index (χ4v) is 5.44. The molecule has 1 unspecified atom stereocenters. The number of β-lactam (4-membered cyclic amide) rings is 1. The number of nitrogens with zero attached hydrogens (tertiary/aromatic N) is 3. The highest BCUT2D eigenvalue weighted by molar-refractivity contribution is 8.15. The van der Waals surface area contributed by atoms with Crippen LogP contribution in [0.2, 0.25) is 0 Å². The summed E-state index contributed by atoms with van der Waals surface area (Å²) < 4.78 is 15.2. The van der Waals surface area contributed by atoms with Gasteiger partial charge in [0.1, 0.15) is 40.8 Å². The van der Waals surface area contributed by atoms with Gasteiger partial charge in [0.05, 0.1) is 11.1 Å². The molecule has 3 amide bonds. The Labute approximate surface area is 245 Å². The first kappa shape index (κ1) is 31.9. The van der Waals surface area contributed by atoms with Crippen LogP contribution in [0.4, 0.5) is 9.93 Å². The molecule has 3 heterocycles. The lowest BCUT2D eigenvalue weighted by atomic mass is 9.94. The first-order chi connectivity index (χ1) is 19.0. The van der Waals surface area contributed by atoms with Gasteiger partial charge in [-0.1, -0.05) is 16.9 Å². The molecule has 3 rings (SSSR count). The molecule has 2 N–H and O–H groups in total. The SMILES string of the molecule is CON=C1C=C(C(=O)OCOC(=O)C(C)(C)C)N2C(=O)C(c3csc(NC(=O)[C@H](C)NC(=O)OC(C)(C)C)n3)[C@H]2S1. The van der Waals surface area contributed by atoms with Crippen molar-refractivity contribution in [1.82, 2.24) is 15.2 Å². The molecule has 1 aromatic heterocycles. The Morgan fingerprint density at radius 3 is 2.44 bits per heavy atom. The number of oxime groups is 1. The van der Waals surface area contributed by atoms with Crippen LogP contribution in [-0.4, -0.2) is 75.7 Å². The second kappa shape index (κ2) is 12.5. The molecule has 2 aliphatic heterocycles. The number of fused-ring (bicyclic) bond motifs is 1. The number of esters is 2. The van der Waals surface area contributed by atoms with Crippen molar-refractivity contribution in [2.75, 3.05) is 19.2 Å². The minimum absolute atomic E-state index is 0.0941. The Kier molecular flexibility index (Phi) is 9.69. The van der Waals surface area contributed by atoms with Crippen LogP contribution in [-0.2, 0) is 38.2 Å². The molecule has 0 aromatic carbocycles. The number of anilines is 1. The van der Waals surface area contributed by atoms with Crippen molar-refractivity contribution >= 4 is 63.1 Å². The largest absolute Gasteiger partial charge is 0.444 e. The molecule has 1 saturated heterocycles. The molecule has 41 heavy (non-hydrogen) atoms.